The molecular weight excluding hydrogens is 410 g/mol. The fourth-order valence-electron chi connectivity index (χ4n) is 3.26. The summed E-state index contributed by atoms with van der Waals surface area (Å²) in [5, 5.41) is 21.9. The average Bonchev–Trinajstić information content (AvgIpc) is 2.79. The van der Waals surface area contributed by atoms with Crippen LogP contribution in [-0.2, 0) is 5.60 Å². The van der Waals surface area contributed by atoms with Gasteiger partial charge in [0.1, 0.15) is 0 Å². The Bertz CT molecular complexity index is 1050. The summed E-state index contributed by atoms with van der Waals surface area (Å²) in [5.41, 5.74) is 2.65. The first-order chi connectivity index (χ1) is 15.3. The first-order valence-electron chi connectivity index (χ1n) is 10.5. The van der Waals surface area contributed by atoms with Gasteiger partial charge in [0.15, 0.2) is 5.52 Å². The van der Waals surface area contributed by atoms with Crippen molar-refractivity contribution in [1.29, 1.82) is 0 Å². The third kappa shape index (κ3) is 5.68. The van der Waals surface area contributed by atoms with E-state index < -0.39 is 5.60 Å². The SMILES string of the molecule is CNC(=O)N(CCO)CCCOc1nc(-c2ccc(C(C)(C)O)cc2)cc2nccnc12. The highest BCUT2D eigenvalue weighted by atomic mass is 16.5. The van der Waals surface area contributed by atoms with Gasteiger partial charge in [-0.15, -0.1) is 0 Å². The molecule has 2 aromatic heterocycles. The number of benzene rings is 1. The van der Waals surface area contributed by atoms with Gasteiger partial charge < -0.3 is 25.2 Å². The van der Waals surface area contributed by atoms with Gasteiger partial charge in [-0.2, -0.15) is 0 Å². The van der Waals surface area contributed by atoms with Gasteiger partial charge in [0.2, 0.25) is 5.88 Å². The Kier molecular flexibility index (Phi) is 7.55. The second kappa shape index (κ2) is 10.3. The Labute approximate surface area is 187 Å². The minimum absolute atomic E-state index is 0.107. The predicted octanol–water partition coefficient (Wildman–Crippen LogP) is 2.32. The molecule has 0 bridgehead atoms. The van der Waals surface area contributed by atoms with E-state index in [-0.39, 0.29) is 19.2 Å². The van der Waals surface area contributed by atoms with E-state index in [0.717, 1.165) is 11.1 Å². The van der Waals surface area contributed by atoms with Crippen molar-refractivity contribution >= 4 is 17.1 Å². The number of amides is 2. The summed E-state index contributed by atoms with van der Waals surface area (Å²) in [5.74, 6) is 0.366. The van der Waals surface area contributed by atoms with Gasteiger partial charge in [-0.05, 0) is 31.9 Å². The molecular formula is C23H29N5O4. The van der Waals surface area contributed by atoms with Crippen LogP contribution in [0.5, 0.6) is 5.88 Å². The summed E-state index contributed by atoms with van der Waals surface area (Å²) in [4.78, 5) is 26.8. The zero-order valence-corrected chi connectivity index (χ0v) is 18.6. The van der Waals surface area contributed by atoms with Gasteiger partial charge in [0.25, 0.3) is 0 Å². The van der Waals surface area contributed by atoms with Crippen molar-refractivity contribution in [2.45, 2.75) is 25.9 Å². The Morgan fingerprint density at radius 1 is 1.16 bits per heavy atom. The molecule has 32 heavy (non-hydrogen) atoms. The summed E-state index contributed by atoms with van der Waals surface area (Å²) >= 11 is 0. The topological polar surface area (TPSA) is 121 Å². The Balaban J connectivity index is 1.79. The van der Waals surface area contributed by atoms with Crippen LogP contribution in [0.25, 0.3) is 22.3 Å². The van der Waals surface area contributed by atoms with Crippen molar-refractivity contribution in [2.75, 3.05) is 33.4 Å². The maximum absolute atomic E-state index is 11.8. The van der Waals surface area contributed by atoms with Gasteiger partial charge >= 0.3 is 6.03 Å². The molecule has 0 saturated carbocycles. The van der Waals surface area contributed by atoms with E-state index in [2.05, 4.69) is 20.3 Å². The molecule has 3 aromatic rings. The number of urea groups is 1. The summed E-state index contributed by atoms with van der Waals surface area (Å²) in [7, 11) is 1.55. The molecule has 9 nitrogen and oxygen atoms in total. The largest absolute Gasteiger partial charge is 0.476 e. The smallest absolute Gasteiger partial charge is 0.317 e. The van der Waals surface area contributed by atoms with Gasteiger partial charge in [-0.25, -0.2) is 14.8 Å². The van der Waals surface area contributed by atoms with Crippen molar-refractivity contribution in [3.8, 4) is 17.1 Å². The Morgan fingerprint density at radius 2 is 1.88 bits per heavy atom. The molecule has 0 spiro atoms. The zero-order valence-electron chi connectivity index (χ0n) is 18.6. The lowest BCUT2D eigenvalue weighted by Crippen LogP contribution is -2.40. The quantitative estimate of drug-likeness (QED) is 0.438. The number of nitrogens with zero attached hydrogens (tertiary/aromatic N) is 4. The van der Waals surface area contributed by atoms with Crippen LogP contribution in [0.1, 0.15) is 25.8 Å². The maximum Gasteiger partial charge on any atom is 0.317 e. The standard InChI is InChI=1S/C23H29N5O4/c1-23(2,31)17-7-5-16(6-8-17)18-15-19-20(26-10-9-25-19)21(27-18)32-14-4-11-28(12-13-29)22(30)24-3/h5-10,15,29,31H,4,11-14H2,1-3H3,(H,24,30). The third-order valence-corrected chi connectivity index (χ3v) is 4.99. The Morgan fingerprint density at radius 3 is 2.53 bits per heavy atom. The number of carbonyl (C=O) groups excluding carboxylic acids is 1. The number of aromatic nitrogens is 3. The molecule has 0 saturated heterocycles. The van der Waals surface area contributed by atoms with Gasteiger partial charge in [-0.3, -0.25) is 4.98 Å². The lowest BCUT2D eigenvalue weighted by atomic mass is 9.96. The third-order valence-electron chi connectivity index (χ3n) is 4.99. The summed E-state index contributed by atoms with van der Waals surface area (Å²) < 4.78 is 5.93. The van der Waals surface area contributed by atoms with Crippen LogP contribution in [0.15, 0.2) is 42.7 Å². The highest BCUT2D eigenvalue weighted by Crippen LogP contribution is 2.28. The summed E-state index contributed by atoms with van der Waals surface area (Å²) in [6, 6.07) is 9.14. The highest BCUT2D eigenvalue weighted by Gasteiger charge is 2.17. The maximum atomic E-state index is 11.8. The monoisotopic (exact) mass is 439 g/mol. The van der Waals surface area contributed by atoms with E-state index in [1.54, 1.807) is 33.3 Å². The summed E-state index contributed by atoms with van der Waals surface area (Å²) in [6.07, 6.45) is 3.76. The van der Waals surface area contributed by atoms with Crippen molar-refractivity contribution in [3.05, 3.63) is 48.3 Å². The number of rotatable bonds is 9. The minimum Gasteiger partial charge on any atom is -0.476 e. The second-order valence-corrected chi connectivity index (χ2v) is 7.84. The first kappa shape index (κ1) is 23.4. The van der Waals surface area contributed by atoms with Crippen LogP contribution in [0, 0.1) is 0 Å². The number of ether oxygens (including phenoxy) is 1. The molecule has 3 rings (SSSR count). The number of hydrogen-bond acceptors (Lipinski definition) is 7. The van der Waals surface area contributed by atoms with Crippen LogP contribution in [-0.4, -0.2) is 69.4 Å². The van der Waals surface area contributed by atoms with E-state index in [0.29, 0.717) is 42.2 Å². The Hall–Kier alpha value is -3.30. The number of hydrogen-bond donors (Lipinski definition) is 3. The molecule has 0 fully saturated rings. The minimum atomic E-state index is -0.923. The number of fused-ring (bicyclic) bond motifs is 1. The van der Waals surface area contributed by atoms with E-state index in [4.69, 9.17) is 9.84 Å². The van der Waals surface area contributed by atoms with E-state index >= 15 is 0 Å². The molecule has 170 valence electrons. The molecule has 3 N–H and O–H groups in total. The lowest BCUT2D eigenvalue weighted by Gasteiger charge is -2.21. The van der Waals surface area contributed by atoms with Crippen LogP contribution in [0.3, 0.4) is 0 Å². The average molecular weight is 440 g/mol. The molecule has 0 aliphatic rings. The van der Waals surface area contributed by atoms with Crippen LogP contribution in [0.2, 0.25) is 0 Å². The van der Waals surface area contributed by atoms with Crippen molar-refractivity contribution in [1.82, 2.24) is 25.2 Å². The number of aliphatic hydroxyl groups excluding tert-OH is 1. The molecule has 0 unspecified atom stereocenters. The molecule has 9 heteroatoms. The van der Waals surface area contributed by atoms with E-state index in [1.165, 1.54) is 4.90 Å². The van der Waals surface area contributed by atoms with Crippen LogP contribution < -0.4 is 10.1 Å². The van der Waals surface area contributed by atoms with Gasteiger partial charge in [-0.1, -0.05) is 24.3 Å². The van der Waals surface area contributed by atoms with Crippen molar-refractivity contribution in [2.24, 2.45) is 0 Å². The van der Waals surface area contributed by atoms with Crippen molar-refractivity contribution in [3.63, 3.8) is 0 Å². The predicted molar refractivity (Wildman–Crippen MR) is 121 cm³/mol. The number of carbonyl (C=O) groups is 1. The molecule has 0 atom stereocenters. The number of pyridine rings is 1. The molecule has 0 radical (unpaired) electrons. The highest BCUT2D eigenvalue weighted by molar-refractivity contribution is 5.83. The second-order valence-electron chi connectivity index (χ2n) is 7.84. The molecule has 0 aliphatic carbocycles. The van der Waals surface area contributed by atoms with E-state index in [9.17, 15) is 9.90 Å². The number of aliphatic hydroxyl groups is 2. The fourth-order valence-corrected chi connectivity index (χ4v) is 3.26. The summed E-state index contributed by atoms with van der Waals surface area (Å²) in [6.45, 7) is 4.38. The van der Waals surface area contributed by atoms with Gasteiger partial charge in [0, 0.05) is 38.1 Å². The van der Waals surface area contributed by atoms with Crippen LogP contribution >= 0.6 is 0 Å². The van der Waals surface area contributed by atoms with Gasteiger partial charge in [0.05, 0.1) is 30.0 Å². The first-order valence-corrected chi connectivity index (χ1v) is 10.5. The molecule has 2 heterocycles. The zero-order chi connectivity index (χ0) is 23.1. The number of nitrogens with one attached hydrogen (secondary N) is 1. The van der Waals surface area contributed by atoms with E-state index in [1.807, 2.05) is 30.3 Å². The normalized spacial score (nSPS) is 11.4. The molecule has 2 amide bonds. The lowest BCUT2D eigenvalue weighted by molar-refractivity contribution is 0.0786. The van der Waals surface area contributed by atoms with Crippen molar-refractivity contribution < 1.29 is 19.7 Å². The fraction of sp³-hybridized carbons (Fsp3) is 0.391. The molecule has 0 aliphatic heterocycles. The van der Waals surface area contributed by atoms with Crippen LogP contribution in [0.4, 0.5) is 4.79 Å². The molecule has 1 aromatic carbocycles.